The van der Waals surface area contributed by atoms with Gasteiger partial charge in [-0.2, -0.15) is 0 Å². The van der Waals surface area contributed by atoms with E-state index in [9.17, 15) is 5.11 Å². The highest BCUT2D eigenvalue weighted by Gasteiger charge is 2.26. The molecule has 1 fully saturated rings. The minimum Gasteiger partial charge on any atom is -0.389 e. The van der Waals surface area contributed by atoms with Crippen molar-refractivity contribution < 1.29 is 5.11 Å². The molecule has 2 aliphatic carbocycles. The largest absolute Gasteiger partial charge is 0.389 e. The zero-order chi connectivity index (χ0) is 6.97. The van der Waals surface area contributed by atoms with Crippen LogP contribution in [0.5, 0.6) is 0 Å². The van der Waals surface area contributed by atoms with Crippen molar-refractivity contribution in [3.05, 3.63) is 12.2 Å². The fraction of sp³-hybridized carbons (Fsp3) is 0.778. The molecule has 0 saturated heterocycles. The van der Waals surface area contributed by atoms with Crippen LogP contribution in [0, 0.1) is 11.8 Å². The minimum absolute atomic E-state index is 0.143. The summed E-state index contributed by atoms with van der Waals surface area (Å²) in [5.41, 5.74) is 0. The number of hydrogen-bond donors (Lipinski definition) is 1. The van der Waals surface area contributed by atoms with Crippen molar-refractivity contribution in [3.63, 3.8) is 0 Å². The van der Waals surface area contributed by atoms with Crippen molar-refractivity contribution in [2.45, 2.75) is 31.8 Å². The average molecular weight is 138 g/mol. The van der Waals surface area contributed by atoms with Gasteiger partial charge in [0.15, 0.2) is 0 Å². The lowest BCUT2D eigenvalue weighted by atomic mass is 10.0. The molecule has 3 atom stereocenters. The highest BCUT2D eigenvalue weighted by molar-refractivity contribution is 5.01. The quantitative estimate of drug-likeness (QED) is 0.505. The topological polar surface area (TPSA) is 20.2 Å². The Labute approximate surface area is 61.8 Å². The molecule has 1 N–H and O–H groups in total. The molecule has 0 aromatic heterocycles. The average Bonchev–Trinajstić information content (AvgIpc) is 2.22. The van der Waals surface area contributed by atoms with Crippen LogP contribution in [-0.4, -0.2) is 11.2 Å². The molecule has 0 aliphatic heterocycles. The zero-order valence-electron chi connectivity index (χ0n) is 6.16. The minimum atomic E-state index is -0.143. The number of hydrogen-bond acceptors (Lipinski definition) is 1. The molecule has 0 aromatic carbocycles. The summed E-state index contributed by atoms with van der Waals surface area (Å²) in [6.45, 7) is 0. The number of rotatable bonds is 0. The lowest BCUT2D eigenvalue weighted by Crippen LogP contribution is -2.07. The normalized spacial score (nSPS) is 45.5. The fourth-order valence-electron chi connectivity index (χ4n) is 2.21. The van der Waals surface area contributed by atoms with Crippen molar-refractivity contribution in [1.29, 1.82) is 0 Å². The summed E-state index contributed by atoms with van der Waals surface area (Å²) in [4.78, 5) is 0. The maximum Gasteiger partial charge on any atom is 0.0723 e. The van der Waals surface area contributed by atoms with Gasteiger partial charge >= 0.3 is 0 Å². The maximum atomic E-state index is 9.32. The molecule has 2 bridgehead atoms. The highest BCUT2D eigenvalue weighted by Crippen LogP contribution is 2.36. The third kappa shape index (κ3) is 1.10. The third-order valence-electron chi connectivity index (χ3n) is 2.76. The second kappa shape index (κ2) is 2.39. The molecule has 0 unspecified atom stereocenters. The Hall–Kier alpha value is -0.300. The van der Waals surface area contributed by atoms with E-state index in [0.717, 1.165) is 18.3 Å². The molecule has 0 amide bonds. The molecule has 2 aliphatic rings. The Balaban J connectivity index is 2.11. The van der Waals surface area contributed by atoms with Crippen LogP contribution >= 0.6 is 0 Å². The van der Waals surface area contributed by atoms with Gasteiger partial charge in [-0.15, -0.1) is 0 Å². The van der Waals surface area contributed by atoms with Crippen molar-refractivity contribution in [2.75, 3.05) is 0 Å². The molecule has 10 heavy (non-hydrogen) atoms. The monoisotopic (exact) mass is 138 g/mol. The number of aliphatic hydroxyl groups is 1. The van der Waals surface area contributed by atoms with E-state index in [0.29, 0.717) is 0 Å². The Morgan fingerprint density at radius 3 is 2.90 bits per heavy atom. The van der Waals surface area contributed by atoms with Crippen LogP contribution in [0.3, 0.4) is 0 Å². The van der Waals surface area contributed by atoms with Crippen LogP contribution in [0.25, 0.3) is 0 Å². The van der Waals surface area contributed by atoms with Crippen molar-refractivity contribution in [3.8, 4) is 0 Å². The molecular weight excluding hydrogens is 124 g/mol. The lowest BCUT2D eigenvalue weighted by Gasteiger charge is -2.09. The Morgan fingerprint density at radius 1 is 1.10 bits per heavy atom. The standard InChI is InChI=1S/C9H14O/c10-9-4-3-7-1-2-8(5-7)6-9/h3-4,7-10H,1-2,5-6H2/t7-,8-,9+/m1/s1. The first-order valence-corrected chi connectivity index (χ1v) is 4.21. The van der Waals surface area contributed by atoms with E-state index in [1.807, 2.05) is 6.08 Å². The van der Waals surface area contributed by atoms with Crippen LogP contribution < -0.4 is 0 Å². The molecule has 0 spiro atoms. The molecule has 2 rings (SSSR count). The van der Waals surface area contributed by atoms with Crippen LogP contribution in [-0.2, 0) is 0 Å². The molecule has 0 aromatic rings. The molecule has 1 saturated carbocycles. The van der Waals surface area contributed by atoms with Gasteiger partial charge < -0.3 is 5.11 Å². The van der Waals surface area contributed by atoms with Gasteiger partial charge in [0.2, 0.25) is 0 Å². The Morgan fingerprint density at radius 2 is 2.00 bits per heavy atom. The SMILES string of the molecule is O[C@H]1C=C[C@H]2CC[C@H](C2)C1. The first-order valence-electron chi connectivity index (χ1n) is 4.21. The van der Waals surface area contributed by atoms with E-state index < -0.39 is 0 Å². The lowest BCUT2D eigenvalue weighted by molar-refractivity contribution is 0.189. The van der Waals surface area contributed by atoms with Crippen LogP contribution in [0.15, 0.2) is 12.2 Å². The van der Waals surface area contributed by atoms with E-state index >= 15 is 0 Å². The maximum absolute atomic E-state index is 9.32. The molecule has 1 nitrogen and oxygen atoms in total. The highest BCUT2D eigenvalue weighted by atomic mass is 16.3. The smallest absolute Gasteiger partial charge is 0.0723 e. The van der Waals surface area contributed by atoms with E-state index in [2.05, 4.69) is 6.08 Å². The molecule has 1 heteroatoms. The van der Waals surface area contributed by atoms with Gasteiger partial charge in [0.25, 0.3) is 0 Å². The van der Waals surface area contributed by atoms with Crippen LogP contribution in [0.2, 0.25) is 0 Å². The van der Waals surface area contributed by atoms with E-state index in [1.165, 1.54) is 19.3 Å². The van der Waals surface area contributed by atoms with Crippen molar-refractivity contribution >= 4 is 0 Å². The van der Waals surface area contributed by atoms with Gasteiger partial charge in [-0.3, -0.25) is 0 Å². The molecular formula is C9H14O. The summed E-state index contributed by atoms with van der Waals surface area (Å²) in [6, 6.07) is 0. The van der Waals surface area contributed by atoms with Gasteiger partial charge in [-0.1, -0.05) is 12.2 Å². The molecule has 0 heterocycles. The second-order valence-electron chi connectivity index (χ2n) is 3.63. The predicted octanol–water partition coefficient (Wildman–Crippen LogP) is 1.72. The van der Waals surface area contributed by atoms with Gasteiger partial charge in [0.05, 0.1) is 6.10 Å². The van der Waals surface area contributed by atoms with E-state index in [1.54, 1.807) is 0 Å². The second-order valence-corrected chi connectivity index (χ2v) is 3.63. The summed E-state index contributed by atoms with van der Waals surface area (Å²) in [7, 11) is 0. The van der Waals surface area contributed by atoms with Gasteiger partial charge in [-0.25, -0.2) is 0 Å². The van der Waals surface area contributed by atoms with Gasteiger partial charge in [0, 0.05) is 0 Å². The van der Waals surface area contributed by atoms with E-state index in [-0.39, 0.29) is 6.10 Å². The third-order valence-corrected chi connectivity index (χ3v) is 2.76. The fourth-order valence-corrected chi connectivity index (χ4v) is 2.21. The zero-order valence-corrected chi connectivity index (χ0v) is 6.16. The van der Waals surface area contributed by atoms with Crippen molar-refractivity contribution in [1.82, 2.24) is 0 Å². The van der Waals surface area contributed by atoms with E-state index in [4.69, 9.17) is 0 Å². The van der Waals surface area contributed by atoms with Gasteiger partial charge in [0.1, 0.15) is 0 Å². The summed E-state index contributed by atoms with van der Waals surface area (Å²) < 4.78 is 0. The van der Waals surface area contributed by atoms with Crippen LogP contribution in [0.1, 0.15) is 25.7 Å². The summed E-state index contributed by atoms with van der Waals surface area (Å²) >= 11 is 0. The number of allylic oxidation sites excluding steroid dienone is 1. The summed E-state index contributed by atoms with van der Waals surface area (Å²) in [5, 5.41) is 9.32. The first kappa shape index (κ1) is 6.41. The summed E-state index contributed by atoms with van der Waals surface area (Å²) in [5.74, 6) is 1.61. The number of aliphatic hydroxyl groups excluding tert-OH is 1. The molecule has 0 radical (unpaired) electrons. The molecule has 56 valence electrons. The first-order chi connectivity index (χ1) is 4.84. The van der Waals surface area contributed by atoms with Crippen molar-refractivity contribution in [2.24, 2.45) is 11.8 Å². The van der Waals surface area contributed by atoms with Gasteiger partial charge in [-0.05, 0) is 37.5 Å². The van der Waals surface area contributed by atoms with Crippen LogP contribution in [0.4, 0.5) is 0 Å². The Bertz CT molecular complexity index is 151. The summed E-state index contributed by atoms with van der Waals surface area (Å²) in [6.07, 6.45) is 9.07. The Kier molecular flexibility index (Phi) is 1.53. The number of fused-ring (bicyclic) bond motifs is 2. The predicted molar refractivity (Wildman–Crippen MR) is 40.6 cm³/mol.